The van der Waals surface area contributed by atoms with Crippen LogP contribution < -0.4 is 5.32 Å². The standard InChI is InChI=1S/C15H15N3O/c19-15-8-13(11-3-1-5-16-9-11)7-14(18-15)12-4-2-6-17-10-12/h1-6,9-10,13-14H,7-8H2,(H,18,19). The maximum absolute atomic E-state index is 11.9. The quantitative estimate of drug-likeness (QED) is 0.892. The molecular formula is C15H15N3O. The molecule has 1 saturated heterocycles. The molecule has 0 spiro atoms. The first kappa shape index (κ1) is 11.8. The molecule has 0 aliphatic carbocycles. The Morgan fingerprint density at radius 3 is 2.37 bits per heavy atom. The van der Waals surface area contributed by atoms with Crippen molar-refractivity contribution in [3.05, 3.63) is 60.2 Å². The van der Waals surface area contributed by atoms with Gasteiger partial charge >= 0.3 is 0 Å². The van der Waals surface area contributed by atoms with Crippen LogP contribution in [0.1, 0.15) is 35.9 Å². The monoisotopic (exact) mass is 253 g/mol. The Morgan fingerprint density at radius 1 is 1.05 bits per heavy atom. The summed E-state index contributed by atoms with van der Waals surface area (Å²) in [6.07, 6.45) is 8.59. The predicted octanol–water partition coefficient (Wildman–Crippen LogP) is 2.21. The highest BCUT2D eigenvalue weighted by Crippen LogP contribution is 2.33. The second-order valence-electron chi connectivity index (χ2n) is 4.83. The fourth-order valence-electron chi connectivity index (χ4n) is 2.58. The molecule has 0 bridgehead atoms. The molecule has 0 aromatic carbocycles. The molecule has 3 rings (SSSR count). The molecule has 0 radical (unpaired) electrons. The molecule has 1 aliphatic rings. The van der Waals surface area contributed by atoms with Crippen LogP contribution in [0.2, 0.25) is 0 Å². The molecule has 1 N–H and O–H groups in total. The van der Waals surface area contributed by atoms with Gasteiger partial charge in [-0.3, -0.25) is 14.8 Å². The van der Waals surface area contributed by atoms with Crippen LogP contribution in [0.15, 0.2) is 49.1 Å². The van der Waals surface area contributed by atoms with Gasteiger partial charge in [-0.25, -0.2) is 0 Å². The second-order valence-corrected chi connectivity index (χ2v) is 4.83. The van der Waals surface area contributed by atoms with Gasteiger partial charge in [-0.15, -0.1) is 0 Å². The smallest absolute Gasteiger partial charge is 0.221 e. The number of pyridine rings is 2. The number of nitrogens with zero attached hydrogens (tertiary/aromatic N) is 2. The van der Waals surface area contributed by atoms with Gasteiger partial charge in [0.2, 0.25) is 5.91 Å². The van der Waals surface area contributed by atoms with E-state index in [1.807, 2.05) is 36.7 Å². The van der Waals surface area contributed by atoms with Gasteiger partial charge in [0, 0.05) is 31.2 Å². The lowest BCUT2D eigenvalue weighted by atomic mass is 9.85. The van der Waals surface area contributed by atoms with Gasteiger partial charge in [0.1, 0.15) is 0 Å². The number of piperidine rings is 1. The first-order valence-electron chi connectivity index (χ1n) is 6.42. The van der Waals surface area contributed by atoms with Gasteiger partial charge in [-0.1, -0.05) is 12.1 Å². The van der Waals surface area contributed by atoms with Crippen molar-refractivity contribution in [2.24, 2.45) is 0 Å². The fraction of sp³-hybridized carbons (Fsp3) is 0.267. The van der Waals surface area contributed by atoms with Crippen molar-refractivity contribution in [2.45, 2.75) is 24.8 Å². The van der Waals surface area contributed by atoms with E-state index in [2.05, 4.69) is 15.3 Å². The van der Waals surface area contributed by atoms with E-state index in [0.29, 0.717) is 6.42 Å². The van der Waals surface area contributed by atoms with Gasteiger partial charge in [0.05, 0.1) is 6.04 Å². The van der Waals surface area contributed by atoms with E-state index in [1.54, 1.807) is 12.4 Å². The Bertz CT molecular complexity index is 507. The van der Waals surface area contributed by atoms with E-state index in [0.717, 1.165) is 17.5 Å². The molecule has 1 aliphatic heterocycles. The molecular weight excluding hydrogens is 238 g/mol. The lowest BCUT2D eigenvalue weighted by Crippen LogP contribution is -2.36. The van der Waals surface area contributed by atoms with Crippen molar-refractivity contribution in [3.8, 4) is 0 Å². The van der Waals surface area contributed by atoms with Crippen molar-refractivity contribution in [1.29, 1.82) is 0 Å². The summed E-state index contributed by atoms with van der Waals surface area (Å²) in [5, 5.41) is 3.03. The third-order valence-electron chi connectivity index (χ3n) is 3.53. The molecule has 4 nitrogen and oxygen atoms in total. The molecule has 1 fully saturated rings. The summed E-state index contributed by atoms with van der Waals surface area (Å²) in [7, 11) is 0. The van der Waals surface area contributed by atoms with Gasteiger partial charge in [0.25, 0.3) is 0 Å². The molecule has 4 heteroatoms. The van der Waals surface area contributed by atoms with Gasteiger partial charge in [-0.2, -0.15) is 0 Å². The number of carbonyl (C=O) groups is 1. The second kappa shape index (κ2) is 5.18. The van der Waals surface area contributed by atoms with Crippen LogP contribution in [0.5, 0.6) is 0 Å². The summed E-state index contributed by atoms with van der Waals surface area (Å²) in [4.78, 5) is 20.1. The zero-order chi connectivity index (χ0) is 13.1. The molecule has 96 valence electrons. The van der Waals surface area contributed by atoms with Crippen molar-refractivity contribution in [2.75, 3.05) is 0 Å². The zero-order valence-electron chi connectivity index (χ0n) is 10.5. The number of hydrogen-bond acceptors (Lipinski definition) is 3. The summed E-state index contributed by atoms with van der Waals surface area (Å²) < 4.78 is 0. The van der Waals surface area contributed by atoms with Gasteiger partial charge in [0.15, 0.2) is 0 Å². The van der Waals surface area contributed by atoms with Crippen molar-refractivity contribution in [3.63, 3.8) is 0 Å². The number of carbonyl (C=O) groups excluding carboxylic acids is 1. The Balaban J connectivity index is 1.84. The maximum atomic E-state index is 11.9. The van der Waals surface area contributed by atoms with Gasteiger partial charge < -0.3 is 5.32 Å². The molecule has 2 unspecified atom stereocenters. The zero-order valence-corrected chi connectivity index (χ0v) is 10.5. The molecule has 2 aromatic heterocycles. The Labute approximate surface area is 111 Å². The lowest BCUT2D eigenvalue weighted by Gasteiger charge is -2.30. The molecule has 19 heavy (non-hydrogen) atoms. The predicted molar refractivity (Wildman–Crippen MR) is 71.3 cm³/mol. The van der Waals surface area contributed by atoms with Crippen molar-refractivity contribution < 1.29 is 4.79 Å². The highest BCUT2D eigenvalue weighted by atomic mass is 16.1. The van der Waals surface area contributed by atoms with E-state index in [4.69, 9.17) is 0 Å². The summed E-state index contributed by atoms with van der Waals surface area (Å²) in [5.74, 6) is 0.321. The molecule has 1 amide bonds. The summed E-state index contributed by atoms with van der Waals surface area (Å²) >= 11 is 0. The Kier molecular flexibility index (Phi) is 3.23. The number of hydrogen-bond donors (Lipinski definition) is 1. The van der Waals surface area contributed by atoms with Crippen LogP contribution in [-0.4, -0.2) is 15.9 Å². The van der Waals surface area contributed by atoms with Crippen LogP contribution in [-0.2, 0) is 4.79 Å². The number of nitrogens with one attached hydrogen (secondary N) is 1. The fourth-order valence-corrected chi connectivity index (χ4v) is 2.58. The maximum Gasteiger partial charge on any atom is 0.221 e. The minimum absolute atomic E-state index is 0.0418. The van der Waals surface area contributed by atoms with E-state index in [9.17, 15) is 4.79 Å². The summed E-state index contributed by atoms with van der Waals surface area (Å²) in [6.45, 7) is 0. The highest BCUT2D eigenvalue weighted by Gasteiger charge is 2.28. The van der Waals surface area contributed by atoms with E-state index in [-0.39, 0.29) is 17.9 Å². The van der Waals surface area contributed by atoms with Gasteiger partial charge in [-0.05, 0) is 35.6 Å². The molecule has 3 heterocycles. The normalized spacial score (nSPS) is 22.8. The van der Waals surface area contributed by atoms with E-state index < -0.39 is 0 Å². The average molecular weight is 253 g/mol. The third kappa shape index (κ3) is 2.62. The van der Waals surface area contributed by atoms with E-state index in [1.165, 1.54) is 0 Å². The average Bonchev–Trinajstić information content (AvgIpc) is 2.48. The van der Waals surface area contributed by atoms with Crippen LogP contribution in [0, 0.1) is 0 Å². The minimum Gasteiger partial charge on any atom is -0.349 e. The van der Waals surface area contributed by atoms with Crippen LogP contribution in [0.25, 0.3) is 0 Å². The van der Waals surface area contributed by atoms with Crippen LogP contribution in [0.4, 0.5) is 0 Å². The number of amides is 1. The topological polar surface area (TPSA) is 54.9 Å². The highest BCUT2D eigenvalue weighted by molar-refractivity contribution is 5.78. The molecule has 2 aromatic rings. The minimum atomic E-state index is 0.0418. The van der Waals surface area contributed by atoms with Crippen molar-refractivity contribution in [1.82, 2.24) is 15.3 Å². The first-order chi connectivity index (χ1) is 9.33. The van der Waals surface area contributed by atoms with Crippen LogP contribution in [0.3, 0.4) is 0 Å². The SMILES string of the molecule is O=C1CC(c2cccnc2)CC(c2cccnc2)N1. The molecule has 2 atom stereocenters. The number of rotatable bonds is 2. The third-order valence-corrected chi connectivity index (χ3v) is 3.53. The molecule has 0 saturated carbocycles. The summed E-state index contributed by atoms with van der Waals surface area (Å²) in [5.41, 5.74) is 2.19. The van der Waals surface area contributed by atoms with Crippen LogP contribution >= 0.6 is 0 Å². The first-order valence-corrected chi connectivity index (χ1v) is 6.42. The van der Waals surface area contributed by atoms with Crippen molar-refractivity contribution >= 4 is 5.91 Å². The van der Waals surface area contributed by atoms with E-state index >= 15 is 0 Å². The lowest BCUT2D eigenvalue weighted by molar-refractivity contribution is -0.123. The summed E-state index contributed by atoms with van der Waals surface area (Å²) in [6, 6.07) is 7.90. The number of aromatic nitrogens is 2. The Morgan fingerprint density at radius 2 is 1.74 bits per heavy atom. The largest absolute Gasteiger partial charge is 0.349 e. The Hall–Kier alpha value is -2.23.